The number of nitro benzene ring substituents is 1. The fourth-order valence-electron chi connectivity index (χ4n) is 1.02. The number of nitrogens with zero attached hydrogens (tertiary/aromatic N) is 1. The summed E-state index contributed by atoms with van der Waals surface area (Å²) >= 11 is 5.04. The minimum Gasteiger partial charge on any atom is -0.452 e. The van der Waals surface area contributed by atoms with Gasteiger partial charge in [0.25, 0.3) is 5.69 Å². The Morgan fingerprint density at radius 2 is 2.22 bits per heavy atom. The Hall–Kier alpha value is -0.920. The number of ether oxygens (including phenoxy) is 1. The molecule has 0 bridgehead atoms. The zero-order valence-corrected chi connectivity index (χ0v) is 11.8. The summed E-state index contributed by atoms with van der Waals surface area (Å²) in [5.41, 5.74) is -0.783. The van der Waals surface area contributed by atoms with Gasteiger partial charge in [-0.1, -0.05) is 33.7 Å². The van der Waals surface area contributed by atoms with E-state index in [9.17, 15) is 14.9 Å². The number of carbonyl (C=O) groups excluding carboxylic acids is 1. The third-order valence-electron chi connectivity index (χ3n) is 1.80. The largest absolute Gasteiger partial charge is 0.452 e. The number of hydrogen-bond acceptors (Lipinski definition) is 6. The lowest BCUT2D eigenvalue weighted by molar-refractivity contribution is -0.387. The first-order valence-corrected chi connectivity index (χ1v) is 7.49. The average Bonchev–Trinajstić information content (AvgIpc) is 2.34. The molecule has 0 radical (unpaired) electrons. The van der Waals surface area contributed by atoms with E-state index in [-0.39, 0.29) is 17.5 Å². The van der Waals surface area contributed by atoms with Gasteiger partial charge in [-0.05, 0) is 13.0 Å². The third-order valence-corrected chi connectivity index (χ3v) is 4.80. The van der Waals surface area contributed by atoms with Crippen molar-refractivity contribution in [3.63, 3.8) is 0 Å². The van der Waals surface area contributed by atoms with Crippen molar-refractivity contribution in [3.05, 3.63) is 34.4 Å². The Morgan fingerprint density at radius 3 is 2.83 bits per heavy atom. The van der Waals surface area contributed by atoms with Crippen LogP contribution in [0.2, 0.25) is 0 Å². The van der Waals surface area contributed by atoms with Gasteiger partial charge in [0.15, 0.2) is 0 Å². The van der Waals surface area contributed by atoms with Gasteiger partial charge < -0.3 is 4.74 Å². The highest BCUT2D eigenvalue weighted by Crippen LogP contribution is 2.39. The molecule has 0 fully saturated rings. The second kappa shape index (κ2) is 7.50. The number of hydrogen-bond donors (Lipinski definition) is 0. The topological polar surface area (TPSA) is 69.4 Å². The summed E-state index contributed by atoms with van der Waals surface area (Å²) in [4.78, 5) is 21.3. The van der Waals surface area contributed by atoms with Crippen molar-refractivity contribution in [1.82, 2.24) is 0 Å². The summed E-state index contributed by atoms with van der Waals surface area (Å²) in [5, 5.41) is 10.8. The molecule has 1 aromatic carbocycles. The number of para-hydroxylation sites is 1. The van der Waals surface area contributed by atoms with E-state index in [1.54, 1.807) is 18.2 Å². The van der Waals surface area contributed by atoms with Gasteiger partial charge in [-0.25, -0.2) is 4.79 Å². The molecule has 0 heterocycles. The second-order valence-electron chi connectivity index (χ2n) is 3.26. The Balaban J connectivity index is 2.53. The van der Waals surface area contributed by atoms with Crippen molar-refractivity contribution < 1.29 is 14.5 Å². The highest BCUT2D eigenvalue weighted by Gasteiger charge is 2.15. The maximum absolute atomic E-state index is 10.8. The molecule has 0 aromatic heterocycles. The van der Waals surface area contributed by atoms with Gasteiger partial charge >= 0.3 is 5.43 Å². The predicted octanol–water partition coefficient (Wildman–Crippen LogP) is 4.10. The van der Waals surface area contributed by atoms with Crippen molar-refractivity contribution in [2.75, 3.05) is 6.61 Å². The molecule has 5 nitrogen and oxygen atoms in total. The normalized spacial score (nSPS) is 11.9. The van der Waals surface area contributed by atoms with Crippen molar-refractivity contribution in [2.45, 2.75) is 17.1 Å². The van der Waals surface area contributed by atoms with Gasteiger partial charge in [0.1, 0.15) is 6.61 Å². The van der Waals surface area contributed by atoms with Crippen LogP contribution in [-0.2, 0) is 4.74 Å². The van der Waals surface area contributed by atoms with E-state index in [0.717, 1.165) is 0 Å². The number of nitro groups is 1. The lowest BCUT2D eigenvalue weighted by atomic mass is 10.3. The van der Waals surface area contributed by atoms with Crippen LogP contribution in [0.5, 0.6) is 0 Å². The van der Waals surface area contributed by atoms with Crippen LogP contribution >= 0.6 is 33.2 Å². The fourth-order valence-corrected chi connectivity index (χ4v) is 3.23. The first-order valence-electron chi connectivity index (χ1n) is 4.89. The molecule has 0 aliphatic carbocycles. The zero-order chi connectivity index (χ0) is 13.5. The Kier molecular flexibility index (Phi) is 6.31. The van der Waals surface area contributed by atoms with Gasteiger partial charge in [-0.15, -0.1) is 0 Å². The molecule has 0 unspecified atom stereocenters. The van der Waals surface area contributed by atoms with Crippen molar-refractivity contribution in [1.29, 1.82) is 0 Å². The SMILES string of the molecule is C[C@H](COC(=O)Cl)SSc1ccccc1[N+](=O)[O-]. The molecule has 1 aromatic rings. The zero-order valence-electron chi connectivity index (χ0n) is 9.37. The minimum absolute atomic E-state index is 0.0162. The van der Waals surface area contributed by atoms with Gasteiger partial charge in [-0.2, -0.15) is 0 Å². The molecule has 0 amide bonds. The second-order valence-corrected chi connectivity index (χ2v) is 6.25. The molecule has 1 rings (SSSR count). The summed E-state index contributed by atoms with van der Waals surface area (Å²) in [7, 11) is 2.66. The Labute approximate surface area is 117 Å². The Bertz CT molecular complexity index is 444. The number of carbonyl (C=O) groups is 1. The van der Waals surface area contributed by atoms with Crippen molar-refractivity contribution in [3.8, 4) is 0 Å². The van der Waals surface area contributed by atoms with Crippen LogP contribution < -0.4 is 0 Å². The van der Waals surface area contributed by atoms with Gasteiger partial charge in [0.05, 0.1) is 9.82 Å². The third kappa shape index (κ3) is 5.16. The molecule has 1 atom stereocenters. The molecule has 0 saturated carbocycles. The van der Waals surface area contributed by atoms with Crippen LogP contribution in [-0.4, -0.2) is 22.2 Å². The van der Waals surface area contributed by atoms with E-state index < -0.39 is 10.4 Å². The van der Waals surface area contributed by atoms with Crippen LogP contribution in [0.3, 0.4) is 0 Å². The highest BCUT2D eigenvalue weighted by atomic mass is 35.5. The van der Waals surface area contributed by atoms with Crippen molar-refractivity contribution >= 4 is 44.3 Å². The lowest BCUT2D eigenvalue weighted by Crippen LogP contribution is -2.07. The van der Waals surface area contributed by atoms with E-state index in [1.807, 2.05) is 6.92 Å². The maximum atomic E-state index is 10.8. The first kappa shape index (κ1) is 15.1. The summed E-state index contributed by atoms with van der Waals surface area (Å²) in [6.45, 7) is 2.01. The van der Waals surface area contributed by atoms with Gasteiger partial charge in [0, 0.05) is 22.9 Å². The Morgan fingerprint density at radius 1 is 1.56 bits per heavy atom. The minimum atomic E-state index is -0.849. The van der Waals surface area contributed by atoms with Gasteiger partial charge in [-0.3, -0.25) is 10.1 Å². The molecule has 0 saturated heterocycles. The van der Waals surface area contributed by atoms with Crippen LogP contribution in [0, 0.1) is 10.1 Å². The average molecular weight is 308 g/mol. The quantitative estimate of drug-likeness (QED) is 0.341. The number of rotatable bonds is 6. The van der Waals surface area contributed by atoms with E-state index in [0.29, 0.717) is 4.90 Å². The molecular formula is C10H10ClNO4S2. The summed E-state index contributed by atoms with van der Waals surface area (Å²) in [6.07, 6.45) is 0. The van der Waals surface area contributed by atoms with Gasteiger partial charge in [0.2, 0.25) is 0 Å². The first-order chi connectivity index (χ1) is 8.50. The van der Waals surface area contributed by atoms with E-state index in [4.69, 9.17) is 11.6 Å². The van der Waals surface area contributed by atoms with Crippen LogP contribution in [0.15, 0.2) is 29.2 Å². The summed E-state index contributed by atoms with van der Waals surface area (Å²) in [6, 6.07) is 6.48. The number of halogens is 1. The molecule has 8 heteroatoms. The molecule has 0 aliphatic rings. The molecule has 0 spiro atoms. The summed E-state index contributed by atoms with van der Waals surface area (Å²) in [5.74, 6) is 0. The maximum Gasteiger partial charge on any atom is 0.403 e. The molecule has 18 heavy (non-hydrogen) atoms. The highest BCUT2D eigenvalue weighted by molar-refractivity contribution is 8.77. The van der Waals surface area contributed by atoms with Crippen LogP contribution in [0.25, 0.3) is 0 Å². The van der Waals surface area contributed by atoms with E-state index in [2.05, 4.69) is 4.74 Å². The monoisotopic (exact) mass is 307 g/mol. The molecule has 0 aliphatic heterocycles. The van der Waals surface area contributed by atoms with E-state index in [1.165, 1.54) is 27.7 Å². The fraction of sp³-hybridized carbons (Fsp3) is 0.300. The summed E-state index contributed by atoms with van der Waals surface area (Å²) < 4.78 is 4.63. The lowest BCUT2D eigenvalue weighted by Gasteiger charge is -2.09. The standard InChI is InChI=1S/C10H10ClNO4S2/c1-7(6-16-10(11)13)17-18-9-5-3-2-4-8(9)12(14)15/h2-5,7H,6H2,1H3/t7-/m1/s1. The smallest absolute Gasteiger partial charge is 0.403 e. The van der Waals surface area contributed by atoms with Crippen LogP contribution in [0.1, 0.15) is 6.92 Å². The predicted molar refractivity (Wildman–Crippen MR) is 73.2 cm³/mol. The molecule has 98 valence electrons. The van der Waals surface area contributed by atoms with Crippen LogP contribution in [0.4, 0.5) is 10.5 Å². The molecular weight excluding hydrogens is 298 g/mol. The molecule has 0 N–H and O–H groups in total. The van der Waals surface area contributed by atoms with Crippen molar-refractivity contribution in [2.24, 2.45) is 0 Å². The van der Waals surface area contributed by atoms with E-state index >= 15 is 0 Å². The number of benzene rings is 1.